The fraction of sp³-hybridized carbons (Fsp3) is 0.588. The monoisotopic (exact) mass is 273 g/mol. The summed E-state index contributed by atoms with van der Waals surface area (Å²) in [7, 11) is 0. The molecule has 1 aromatic carbocycles. The van der Waals surface area contributed by atoms with Gasteiger partial charge in [0.15, 0.2) is 0 Å². The molecule has 108 valence electrons. The molecule has 2 atom stereocenters. The molecule has 2 aliphatic rings. The highest BCUT2D eigenvalue weighted by Gasteiger charge is 2.32. The molecule has 0 amide bonds. The zero-order valence-corrected chi connectivity index (χ0v) is 11.9. The van der Waals surface area contributed by atoms with Gasteiger partial charge in [-0.2, -0.15) is 0 Å². The third kappa shape index (κ3) is 2.88. The van der Waals surface area contributed by atoms with Crippen molar-refractivity contribution in [1.82, 2.24) is 4.90 Å². The number of carbonyl (C=O) groups is 1. The van der Waals surface area contributed by atoms with Crippen molar-refractivity contribution in [3.63, 3.8) is 0 Å². The summed E-state index contributed by atoms with van der Waals surface area (Å²) < 4.78 is 0. The Bertz CT molecular complexity index is 486. The van der Waals surface area contributed by atoms with Crippen LogP contribution in [0.5, 0.6) is 0 Å². The van der Waals surface area contributed by atoms with Crippen molar-refractivity contribution in [2.24, 2.45) is 11.8 Å². The van der Waals surface area contributed by atoms with E-state index >= 15 is 0 Å². The van der Waals surface area contributed by atoms with Crippen LogP contribution in [-0.2, 0) is 17.8 Å². The fourth-order valence-electron chi connectivity index (χ4n) is 3.79. The van der Waals surface area contributed by atoms with Gasteiger partial charge in [-0.05, 0) is 36.3 Å². The highest BCUT2D eigenvalue weighted by atomic mass is 16.4. The number of hydrogen-bond acceptors (Lipinski definition) is 2. The number of rotatable bonds is 3. The van der Waals surface area contributed by atoms with Crippen LogP contribution >= 0.6 is 0 Å². The van der Waals surface area contributed by atoms with E-state index in [1.54, 1.807) is 0 Å². The lowest BCUT2D eigenvalue weighted by molar-refractivity contribution is -0.145. The van der Waals surface area contributed by atoms with Crippen LogP contribution in [0.25, 0.3) is 0 Å². The Kier molecular flexibility index (Phi) is 4.06. The van der Waals surface area contributed by atoms with Gasteiger partial charge in [-0.1, -0.05) is 37.1 Å². The second kappa shape index (κ2) is 5.96. The maximum Gasteiger partial charge on any atom is 0.306 e. The number of carboxylic acids is 1. The molecule has 1 heterocycles. The quantitative estimate of drug-likeness (QED) is 0.920. The lowest BCUT2D eigenvalue weighted by atomic mass is 9.78. The summed E-state index contributed by atoms with van der Waals surface area (Å²) in [4.78, 5) is 13.8. The first-order valence-electron chi connectivity index (χ1n) is 7.76. The Balaban J connectivity index is 1.65. The first-order chi connectivity index (χ1) is 9.74. The van der Waals surface area contributed by atoms with Crippen molar-refractivity contribution in [3.05, 3.63) is 35.4 Å². The molecule has 1 saturated carbocycles. The summed E-state index contributed by atoms with van der Waals surface area (Å²) in [6.45, 7) is 3.00. The molecule has 3 rings (SSSR count). The SMILES string of the molecule is O=C(O)[C@H]1CCCC[C@H]1CN1CCc2ccccc2C1. The summed E-state index contributed by atoms with van der Waals surface area (Å²) in [5.41, 5.74) is 2.88. The topological polar surface area (TPSA) is 40.5 Å². The van der Waals surface area contributed by atoms with E-state index < -0.39 is 5.97 Å². The fourth-order valence-corrected chi connectivity index (χ4v) is 3.79. The van der Waals surface area contributed by atoms with Crippen molar-refractivity contribution in [1.29, 1.82) is 0 Å². The average Bonchev–Trinajstić information content (AvgIpc) is 2.47. The van der Waals surface area contributed by atoms with E-state index in [0.29, 0.717) is 5.92 Å². The molecule has 0 bridgehead atoms. The van der Waals surface area contributed by atoms with Gasteiger partial charge in [0.05, 0.1) is 5.92 Å². The number of aliphatic carboxylic acids is 1. The zero-order chi connectivity index (χ0) is 13.9. The number of benzene rings is 1. The molecule has 1 N–H and O–H groups in total. The average molecular weight is 273 g/mol. The van der Waals surface area contributed by atoms with Crippen molar-refractivity contribution in [3.8, 4) is 0 Å². The number of hydrogen-bond donors (Lipinski definition) is 1. The minimum atomic E-state index is -0.591. The Morgan fingerprint density at radius 2 is 1.95 bits per heavy atom. The molecule has 1 aromatic rings. The Labute approximate surface area is 120 Å². The minimum Gasteiger partial charge on any atom is -0.481 e. The van der Waals surface area contributed by atoms with Crippen molar-refractivity contribution >= 4 is 5.97 Å². The van der Waals surface area contributed by atoms with Gasteiger partial charge in [-0.25, -0.2) is 0 Å². The molecule has 1 fully saturated rings. The predicted molar refractivity (Wildman–Crippen MR) is 78.5 cm³/mol. The smallest absolute Gasteiger partial charge is 0.306 e. The Morgan fingerprint density at radius 1 is 1.20 bits per heavy atom. The Morgan fingerprint density at radius 3 is 2.75 bits per heavy atom. The van der Waals surface area contributed by atoms with E-state index in [2.05, 4.69) is 29.2 Å². The summed E-state index contributed by atoms with van der Waals surface area (Å²) in [6, 6.07) is 8.63. The normalized spacial score (nSPS) is 27.0. The largest absolute Gasteiger partial charge is 0.481 e. The van der Waals surface area contributed by atoms with E-state index in [1.165, 1.54) is 17.5 Å². The second-order valence-electron chi connectivity index (χ2n) is 6.24. The van der Waals surface area contributed by atoms with Crippen LogP contribution in [0, 0.1) is 11.8 Å². The third-order valence-electron chi connectivity index (χ3n) is 4.93. The summed E-state index contributed by atoms with van der Waals surface area (Å²) in [5, 5.41) is 9.38. The van der Waals surface area contributed by atoms with Gasteiger partial charge in [0, 0.05) is 19.6 Å². The van der Waals surface area contributed by atoms with E-state index in [4.69, 9.17) is 0 Å². The minimum absolute atomic E-state index is 0.124. The van der Waals surface area contributed by atoms with Crippen LogP contribution in [0.15, 0.2) is 24.3 Å². The summed E-state index contributed by atoms with van der Waals surface area (Å²) >= 11 is 0. The highest BCUT2D eigenvalue weighted by Crippen LogP contribution is 2.32. The van der Waals surface area contributed by atoms with Gasteiger partial charge in [0.1, 0.15) is 0 Å². The van der Waals surface area contributed by atoms with Gasteiger partial charge in [0.25, 0.3) is 0 Å². The van der Waals surface area contributed by atoms with Crippen LogP contribution in [-0.4, -0.2) is 29.1 Å². The van der Waals surface area contributed by atoms with E-state index in [9.17, 15) is 9.90 Å². The number of carboxylic acid groups (broad SMARTS) is 1. The molecule has 20 heavy (non-hydrogen) atoms. The molecular formula is C17H23NO2. The molecule has 3 heteroatoms. The highest BCUT2D eigenvalue weighted by molar-refractivity contribution is 5.70. The first-order valence-corrected chi connectivity index (χ1v) is 7.76. The number of fused-ring (bicyclic) bond motifs is 1. The molecule has 1 aliphatic carbocycles. The van der Waals surface area contributed by atoms with Gasteiger partial charge < -0.3 is 5.11 Å². The van der Waals surface area contributed by atoms with Crippen LogP contribution in [0.1, 0.15) is 36.8 Å². The van der Waals surface area contributed by atoms with E-state index in [-0.39, 0.29) is 5.92 Å². The lowest BCUT2D eigenvalue weighted by Crippen LogP contribution is -2.39. The van der Waals surface area contributed by atoms with Crippen LogP contribution in [0.4, 0.5) is 0 Å². The van der Waals surface area contributed by atoms with Crippen LogP contribution in [0.3, 0.4) is 0 Å². The number of nitrogens with zero attached hydrogens (tertiary/aromatic N) is 1. The maximum atomic E-state index is 11.4. The molecule has 1 aliphatic heterocycles. The van der Waals surface area contributed by atoms with Crippen molar-refractivity contribution in [2.45, 2.75) is 38.6 Å². The van der Waals surface area contributed by atoms with Crippen LogP contribution < -0.4 is 0 Å². The second-order valence-corrected chi connectivity index (χ2v) is 6.24. The van der Waals surface area contributed by atoms with Crippen molar-refractivity contribution < 1.29 is 9.90 Å². The standard InChI is InChI=1S/C17H23NO2/c19-17(20)16-8-4-3-7-15(16)12-18-10-9-13-5-1-2-6-14(13)11-18/h1-2,5-6,15-16H,3-4,7-12H2,(H,19,20)/t15-,16-/m0/s1. The molecule has 0 aromatic heterocycles. The molecule has 0 radical (unpaired) electrons. The summed E-state index contributed by atoms with van der Waals surface area (Å²) in [5.74, 6) is -0.375. The first kappa shape index (κ1) is 13.6. The molecule has 0 spiro atoms. The van der Waals surface area contributed by atoms with Gasteiger partial charge >= 0.3 is 5.97 Å². The molecule has 0 unspecified atom stereocenters. The van der Waals surface area contributed by atoms with Crippen molar-refractivity contribution in [2.75, 3.05) is 13.1 Å². The molecule has 0 saturated heterocycles. The predicted octanol–water partition coefficient (Wildman–Crippen LogP) is 2.94. The Hall–Kier alpha value is -1.35. The van der Waals surface area contributed by atoms with Crippen LogP contribution in [0.2, 0.25) is 0 Å². The van der Waals surface area contributed by atoms with E-state index in [1.807, 2.05) is 0 Å². The lowest BCUT2D eigenvalue weighted by Gasteiger charge is -2.35. The van der Waals surface area contributed by atoms with Gasteiger partial charge in [-0.3, -0.25) is 9.69 Å². The maximum absolute atomic E-state index is 11.4. The summed E-state index contributed by atoms with van der Waals surface area (Å²) in [6.07, 6.45) is 5.31. The van der Waals surface area contributed by atoms with Gasteiger partial charge in [-0.15, -0.1) is 0 Å². The molecule has 3 nitrogen and oxygen atoms in total. The van der Waals surface area contributed by atoms with Gasteiger partial charge in [0.2, 0.25) is 0 Å². The van der Waals surface area contributed by atoms with E-state index in [0.717, 1.165) is 45.3 Å². The molecular weight excluding hydrogens is 250 g/mol. The zero-order valence-electron chi connectivity index (χ0n) is 11.9. The third-order valence-corrected chi connectivity index (χ3v) is 4.93.